The van der Waals surface area contributed by atoms with Crippen molar-refractivity contribution >= 4 is 17.5 Å². The van der Waals surface area contributed by atoms with Crippen molar-refractivity contribution < 1.29 is 14.1 Å². The molecule has 194 valence electrons. The normalized spacial score (nSPS) is 10.9. The Morgan fingerprint density at radius 2 is 1.54 bits per heavy atom. The average molecular weight is 502 g/mol. The molecular weight excluding hydrogens is 456 g/mol. The molecule has 1 amide bonds. The van der Waals surface area contributed by atoms with Crippen LogP contribution in [0.3, 0.4) is 0 Å². The first-order valence-corrected chi connectivity index (χ1v) is 14.2. The number of hydrogen-bond acceptors (Lipinski definition) is 2. The summed E-state index contributed by atoms with van der Waals surface area (Å²) in [5, 5.41) is 3.46. The van der Waals surface area contributed by atoms with Gasteiger partial charge in [-0.15, -0.1) is 0 Å². The molecule has 0 fully saturated rings. The zero-order valence-electron chi connectivity index (χ0n) is 22.0. The molecule has 0 bridgehead atoms. The Labute approximate surface area is 218 Å². The SMILES string of the molecule is CCCCCCCCCCCCCCOc1ccc(C(=O)NCc2ccc[n+](CCC)c2)cc1Cl. The molecule has 0 aliphatic rings. The van der Waals surface area contributed by atoms with Gasteiger partial charge in [-0.1, -0.05) is 96.1 Å². The molecule has 1 aromatic heterocycles. The van der Waals surface area contributed by atoms with E-state index in [1.165, 1.54) is 70.6 Å². The third kappa shape index (κ3) is 12.5. The van der Waals surface area contributed by atoms with Crippen LogP contribution < -0.4 is 14.6 Å². The highest BCUT2D eigenvalue weighted by molar-refractivity contribution is 6.32. The van der Waals surface area contributed by atoms with E-state index in [9.17, 15) is 4.79 Å². The minimum absolute atomic E-state index is 0.134. The Morgan fingerprint density at radius 1 is 0.886 bits per heavy atom. The predicted octanol–water partition coefficient (Wildman–Crippen LogP) is 8.05. The van der Waals surface area contributed by atoms with Gasteiger partial charge in [0.05, 0.1) is 11.6 Å². The van der Waals surface area contributed by atoms with E-state index >= 15 is 0 Å². The van der Waals surface area contributed by atoms with E-state index in [-0.39, 0.29) is 5.91 Å². The van der Waals surface area contributed by atoms with Gasteiger partial charge in [0.25, 0.3) is 5.91 Å². The first-order valence-electron chi connectivity index (χ1n) is 13.8. The number of ether oxygens (including phenoxy) is 1. The highest BCUT2D eigenvalue weighted by Crippen LogP contribution is 2.26. The van der Waals surface area contributed by atoms with Crippen molar-refractivity contribution in [2.24, 2.45) is 0 Å². The zero-order chi connectivity index (χ0) is 25.1. The van der Waals surface area contributed by atoms with E-state index < -0.39 is 0 Å². The molecule has 1 aromatic carbocycles. The van der Waals surface area contributed by atoms with E-state index in [1.54, 1.807) is 18.2 Å². The average Bonchev–Trinajstić information content (AvgIpc) is 2.86. The number of nitrogens with one attached hydrogen (secondary N) is 1. The molecule has 0 atom stereocenters. The third-order valence-corrected chi connectivity index (χ3v) is 6.60. The number of halogens is 1. The molecule has 0 saturated heterocycles. The highest BCUT2D eigenvalue weighted by Gasteiger charge is 2.10. The number of nitrogens with zero attached hydrogens (tertiary/aromatic N) is 1. The maximum absolute atomic E-state index is 12.6. The lowest BCUT2D eigenvalue weighted by Crippen LogP contribution is -2.33. The molecule has 0 saturated carbocycles. The minimum Gasteiger partial charge on any atom is -0.492 e. The van der Waals surface area contributed by atoms with Crippen LogP contribution in [0, 0.1) is 0 Å². The Hall–Kier alpha value is -2.07. The van der Waals surface area contributed by atoms with Crippen molar-refractivity contribution in [1.82, 2.24) is 5.32 Å². The summed E-state index contributed by atoms with van der Waals surface area (Å²) in [6.07, 6.45) is 21.1. The van der Waals surface area contributed by atoms with Crippen LogP contribution in [-0.4, -0.2) is 12.5 Å². The predicted molar refractivity (Wildman–Crippen MR) is 146 cm³/mol. The number of aryl methyl sites for hydroxylation is 1. The van der Waals surface area contributed by atoms with Gasteiger partial charge in [0.1, 0.15) is 12.3 Å². The highest BCUT2D eigenvalue weighted by atomic mass is 35.5. The van der Waals surface area contributed by atoms with Gasteiger partial charge >= 0.3 is 0 Å². The van der Waals surface area contributed by atoms with Crippen molar-refractivity contribution in [2.75, 3.05) is 6.61 Å². The van der Waals surface area contributed by atoms with Crippen LogP contribution in [0.5, 0.6) is 5.75 Å². The Bertz CT molecular complexity index is 856. The monoisotopic (exact) mass is 501 g/mol. The fraction of sp³-hybridized carbons (Fsp3) is 0.600. The van der Waals surface area contributed by atoms with Gasteiger partial charge < -0.3 is 10.1 Å². The number of unbranched alkanes of at least 4 members (excludes halogenated alkanes) is 11. The van der Waals surface area contributed by atoms with Gasteiger partial charge in [0, 0.05) is 30.2 Å². The quantitative estimate of drug-likeness (QED) is 0.156. The molecule has 1 N–H and O–H groups in total. The zero-order valence-corrected chi connectivity index (χ0v) is 22.8. The third-order valence-electron chi connectivity index (χ3n) is 6.30. The van der Waals surface area contributed by atoms with Crippen molar-refractivity contribution in [3.05, 3.63) is 58.9 Å². The van der Waals surface area contributed by atoms with Crippen LogP contribution in [0.1, 0.15) is 113 Å². The molecule has 5 heteroatoms. The Balaban J connectivity index is 1.59. The van der Waals surface area contributed by atoms with E-state index in [1.807, 2.05) is 18.3 Å². The molecule has 35 heavy (non-hydrogen) atoms. The summed E-state index contributed by atoms with van der Waals surface area (Å²) in [6.45, 7) is 6.54. The fourth-order valence-electron chi connectivity index (χ4n) is 4.25. The smallest absolute Gasteiger partial charge is 0.251 e. The second kappa shape index (κ2) is 18.2. The number of aromatic nitrogens is 1. The summed E-state index contributed by atoms with van der Waals surface area (Å²) in [5.74, 6) is 0.514. The topological polar surface area (TPSA) is 42.2 Å². The number of rotatable bonds is 19. The summed E-state index contributed by atoms with van der Waals surface area (Å²) in [4.78, 5) is 12.6. The molecule has 0 unspecified atom stereocenters. The van der Waals surface area contributed by atoms with E-state index in [2.05, 4.69) is 29.9 Å². The molecule has 4 nitrogen and oxygen atoms in total. The Morgan fingerprint density at radius 3 is 2.17 bits per heavy atom. The van der Waals surface area contributed by atoms with E-state index in [4.69, 9.17) is 16.3 Å². The van der Waals surface area contributed by atoms with Gasteiger partial charge in [0.15, 0.2) is 12.4 Å². The lowest BCUT2D eigenvalue weighted by Gasteiger charge is -2.10. The summed E-state index contributed by atoms with van der Waals surface area (Å²) < 4.78 is 8.00. The van der Waals surface area contributed by atoms with E-state index in [0.717, 1.165) is 24.9 Å². The summed E-state index contributed by atoms with van der Waals surface area (Å²) in [6, 6.07) is 9.30. The lowest BCUT2D eigenvalue weighted by atomic mass is 10.1. The van der Waals surface area contributed by atoms with Crippen molar-refractivity contribution in [2.45, 2.75) is 110 Å². The first kappa shape index (κ1) is 29.2. The molecular formula is C30H46ClN2O2+. The van der Waals surface area contributed by atoms with Crippen molar-refractivity contribution in [3.8, 4) is 5.75 Å². The lowest BCUT2D eigenvalue weighted by molar-refractivity contribution is -0.697. The number of hydrogen-bond donors (Lipinski definition) is 1. The molecule has 0 radical (unpaired) electrons. The second-order valence-electron chi connectivity index (χ2n) is 9.52. The summed E-state index contributed by atoms with van der Waals surface area (Å²) in [5.41, 5.74) is 1.62. The molecule has 0 aliphatic carbocycles. The number of carbonyl (C=O) groups is 1. The standard InChI is InChI=1S/C30H45ClN2O2/c1-3-5-6-7-8-9-10-11-12-13-14-15-22-35-29-19-18-27(23-28(29)31)30(34)32-24-26-17-16-21-33(25-26)20-4-2/h16-19,21,23,25H,3-15,20,22,24H2,1-2H3/p+1. The number of pyridine rings is 1. The summed E-state index contributed by atoms with van der Waals surface area (Å²) in [7, 11) is 0. The molecule has 1 heterocycles. The number of benzene rings is 1. The van der Waals surface area contributed by atoms with Gasteiger partial charge in [-0.25, -0.2) is 4.57 Å². The summed E-state index contributed by atoms with van der Waals surface area (Å²) >= 11 is 6.39. The van der Waals surface area contributed by atoms with Crippen molar-refractivity contribution in [1.29, 1.82) is 0 Å². The molecule has 2 rings (SSSR count). The van der Waals surface area contributed by atoms with Gasteiger partial charge in [-0.05, 0) is 30.7 Å². The van der Waals surface area contributed by atoms with Crippen LogP contribution in [0.2, 0.25) is 5.02 Å². The van der Waals surface area contributed by atoms with Crippen LogP contribution >= 0.6 is 11.6 Å². The largest absolute Gasteiger partial charge is 0.492 e. The first-order chi connectivity index (χ1) is 17.1. The van der Waals surface area contributed by atoms with Gasteiger partial charge in [0.2, 0.25) is 0 Å². The fourth-order valence-corrected chi connectivity index (χ4v) is 4.48. The van der Waals surface area contributed by atoms with Gasteiger partial charge in [-0.3, -0.25) is 4.79 Å². The number of amides is 1. The maximum Gasteiger partial charge on any atom is 0.251 e. The van der Waals surface area contributed by atoms with Gasteiger partial charge in [-0.2, -0.15) is 0 Å². The Kier molecular flexibility index (Phi) is 15.2. The van der Waals surface area contributed by atoms with E-state index in [0.29, 0.717) is 29.5 Å². The maximum atomic E-state index is 12.6. The van der Waals surface area contributed by atoms with Crippen LogP contribution in [-0.2, 0) is 13.1 Å². The minimum atomic E-state index is -0.134. The molecule has 2 aromatic rings. The van der Waals surface area contributed by atoms with Crippen LogP contribution in [0.15, 0.2) is 42.7 Å². The molecule has 0 spiro atoms. The van der Waals surface area contributed by atoms with Crippen molar-refractivity contribution in [3.63, 3.8) is 0 Å². The second-order valence-corrected chi connectivity index (χ2v) is 9.92. The number of carbonyl (C=O) groups excluding carboxylic acids is 1. The van der Waals surface area contributed by atoms with Crippen LogP contribution in [0.25, 0.3) is 0 Å². The van der Waals surface area contributed by atoms with Crippen LogP contribution in [0.4, 0.5) is 0 Å². The molecule has 0 aliphatic heterocycles.